The van der Waals surface area contributed by atoms with E-state index < -0.39 is 15.7 Å². The van der Waals surface area contributed by atoms with E-state index in [2.05, 4.69) is 17.3 Å². The monoisotopic (exact) mass is 463 g/mol. The maximum absolute atomic E-state index is 12.3. The van der Waals surface area contributed by atoms with Gasteiger partial charge in [0.25, 0.3) is 0 Å². The van der Waals surface area contributed by atoms with Crippen molar-refractivity contribution in [3.05, 3.63) is 83.7 Å². The molecule has 0 amide bonds. The van der Waals surface area contributed by atoms with Gasteiger partial charge in [0.15, 0.2) is 5.58 Å². The van der Waals surface area contributed by atoms with Crippen LogP contribution in [0.15, 0.2) is 71.3 Å². The molecule has 2 aromatic heterocycles. The zero-order chi connectivity index (χ0) is 23.4. The molecule has 7 heteroatoms. The number of rotatable bonds is 9. The highest BCUT2D eigenvalue weighted by Gasteiger charge is 2.31. The number of nitrogens with two attached hydrogens (primary N) is 1. The van der Waals surface area contributed by atoms with Gasteiger partial charge in [-0.2, -0.15) is 0 Å². The molecule has 0 fully saturated rings. The van der Waals surface area contributed by atoms with Gasteiger partial charge in [-0.3, -0.25) is 10.1 Å². The highest BCUT2D eigenvalue weighted by Crippen LogP contribution is 2.38. The highest BCUT2D eigenvalue weighted by molar-refractivity contribution is 7.84. The first kappa shape index (κ1) is 23.3. The molecule has 0 saturated carbocycles. The van der Waals surface area contributed by atoms with Crippen molar-refractivity contribution in [2.24, 2.45) is 5.14 Å². The van der Waals surface area contributed by atoms with E-state index in [0.29, 0.717) is 19.3 Å². The van der Waals surface area contributed by atoms with Crippen molar-refractivity contribution in [1.82, 2.24) is 10.1 Å². The van der Waals surface area contributed by atoms with Crippen LogP contribution in [0.25, 0.3) is 22.2 Å². The van der Waals surface area contributed by atoms with E-state index in [9.17, 15) is 9.32 Å². The molecule has 0 spiro atoms. The Bertz CT molecular complexity index is 1270. The molecule has 0 bridgehead atoms. The lowest BCUT2D eigenvalue weighted by atomic mass is 9.83. The molecule has 0 radical (unpaired) electrons. The third kappa shape index (κ3) is 5.21. The zero-order valence-corrected chi connectivity index (χ0v) is 19.7. The molecule has 6 nitrogen and oxygen atoms in total. The molecule has 2 atom stereocenters. The summed E-state index contributed by atoms with van der Waals surface area (Å²) >= 11 is 0. The highest BCUT2D eigenvalue weighted by atomic mass is 32.2. The van der Waals surface area contributed by atoms with E-state index in [4.69, 9.17) is 14.6 Å². The van der Waals surface area contributed by atoms with Crippen LogP contribution in [0, 0.1) is 0 Å². The van der Waals surface area contributed by atoms with Gasteiger partial charge in [0.2, 0.25) is 0 Å². The second-order valence-corrected chi connectivity index (χ2v) is 10.6. The van der Waals surface area contributed by atoms with Crippen LogP contribution in [0.2, 0.25) is 0 Å². The molecule has 33 heavy (non-hydrogen) atoms. The Kier molecular flexibility index (Phi) is 7.02. The third-order valence-corrected chi connectivity index (χ3v) is 7.26. The number of fused-ring (bicyclic) bond motifs is 1. The summed E-state index contributed by atoms with van der Waals surface area (Å²) in [5.41, 5.74) is 5.37. The largest absolute Gasteiger partial charge is 0.396 e. The molecule has 4 aromatic rings. The lowest BCUT2D eigenvalue weighted by molar-refractivity contribution is 0.298. The van der Waals surface area contributed by atoms with Gasteiger partial charge >= 0.3 is 0 Å². The second-order valence-electron chi connectivity index (χ2n) is 8.87. The zero-order valence-electron chi connectivity index (χ0n) is 18.9. The normalized spacial score (nSPS) is 13.8. The van der Waals surface area contributed by atoms with E-state index >= 15 is 0 Å². The molecule has 0 aliphatic heterocycles. The van der Waals surface area contributed by atoms with Crippen LogP contribution in [0.4, 0.5) is 0 Å². The lowest BCUT2D eigenvalue weighted by Crippen LogP contribution is -2.34. The third-order valence-electron chi connectivity index (χ3n) is 6.00. The van der Waals surface area contributed by atoms with Crippen molar-refractivity contribution in [2.75, 3.05) is 6.61 Å². The SMILES string of the molecule is CC(C)(C[C@H](Cc1cccc(CCO)n1)c1ccccc1-c1noc2ccccc12)S(N)=O. The molecular weight excluding hydrogens is 434 g/mol. The number of nitrogens with zero attached hydrogens (tertiary/aromatic N) is 2. The summed E-state index contributed by atoms with van der Waals surface area (Å²) in [6.45, 7) is 3.92. The average Bonchev–Trinajstić information content (AvgIpc) is 3.23. The van der Waals surface area contributed by atoms with Crippen molar-refractivity contribution in [3.63, 3.8) is 0 Å². The summed E-state index contributed by atoms with van der Waals surface area (Å²) in [5.74, 6) is -0.00367. The summed E-state index contributed by atoms with van der Waals surface area (Å²) in [6, 6.07) is 21.8. The van der Waals surface area contributed by atoms with Crippen LogP contribution in [0.1, 0.15) is 43.1 Å². The molecule has 3 N–H and O–H groups in total. The van der Waals surface area contributed by atoms with Crippen molar-refractivity contribution in [3.8, 4) is 11.3 Å². The van der Waals surface area contributed by atoms with E-state index in [-0.39, 0.29) is 12.5 Å². The summed E-state index contributed by atoms with van der Waals surface area (Å²) in [4.78, 5) is 4.74. The molecule has 2 heterocycles. The van der Waals surface area contributed by atoms with Gasteiger partial charge < -0.3 is 9.63 Å². The van der Waals surface area contributed by atoms with Crippen LogP contribution in [0.3, 0.4) is 0 Å². The maximum Gasteiger partial charge on any atom is 0.167 e. The number of aromatic nitrogens is 2. The summed E-state index contributed by atoms with van der Waals surface area (Å²) in [6.07, 6.45) is 1.76. The van der Waals surface area contributed by atoms with Crippen molar-refractivity contribution in [2.45, 2.75) is 43.8 Å². The first-order chi connectivity index (χ1) is 15.9. The molecule has 4 rings (SSSR count). The number of hydrogen-bond acceptors (Lipinski definition) is 5. The minimum Gasteiger partial charge on any atom is -0.396 e. The van der Waals surface area contributed by atoms with Crippen LogP contribution in [0.5, 0.6) is 0 Å². The minimum atomic E-state index is -1.49. The van der Waals surface area contributed by atoms with Crippen LogP contribution in [-0.2, 0) is 23.8 Å². The Labute approximate surface area is 196 Å². The Morgan fingerprint density at radius 3 is 2.55 bits per heavy atom. The molecule has 0 saturated heterocycles. The van der Waals surface area contributed by atoms with E-state index in [1.807, 2.05) is 68.4 Å². The van der Waals surface area contributed by atoms with Gasteiger partial charge in [-0.25, -0.2) is 4.21 Å². The number of benzene rings is 2. The number of hydrogen-bond donors (Lipinski definition) is 2. The first-order valence-corrected chi connectivity index (χ1v) is 12.3. The number of aliphatic hydroxyl groups excluding tert-OH is 1. The molecule has 1 unspecified atom stereocenters. The fraction of sp³-hybridized carbons (Fsp3) is 0.308. The van der Waals surface area contributed by atoms with Crippen molar-refractivity contribution >= 4 is 22.0 Å². The lowest BCUT2D eigenvalue weighted by Gasteiger charge is -2.29. The molecular formula is C26H29N3O3S. The van der Waals surface area contributed by atoms with Gasteiger partial charge in [0, 0.05) is 35.4 Å². The smallest absolute Gasteiger partial charge is 0.167 e. The standard InChI is InChI=1S/C26H29N3O3S/c1-26(2,33(27)31)17-18(16-20-9-7-8-19(28-20)14-15-30)21-10-3-4-11-22(21)25-23-12-5-6-13-24(23)32-29-25/h3-13,18,30H,14-17,27H2,1-2H3/t18-,33?/m0/s1. The fourth-order valence-electron chi connectivity index (χ4n) is 4.27. The van der Waals surface area contributed by atoms with Crippen molar-refractivity contribution in [1.29, 1.82) is 0 Å². The Balaban J connectivity index is 1.79. The first-order valence-electron chi connectivity index (χ1n) is 11.0. The summed E-state index contributed by atoms with van der Waals surface area (Å²) < 4.78 is 17.3. The molecule has 172 valence electrons. The predicted octanol–water partition coefficient (Wildman–Crippen LogP) is 4.54. The Morgan fingerprint density at radius 1 is 1.03 bits per heavy atom. The van der Waals surface area contributed by atoms with Gasteiger partial charge in [-0.1, -0.05) is 47.6 Å². The van der Waals surface area contributed by atoms with Gasteiger partial charge in [-0.15, -0.1) is 0 Å². The summed E-state index contributed by atoms with van der Waals surface area (Å²) in [7, 11) is -1.49. The average molecular weight is 464 g/mol. The number of pyridine rings is 1. The maximum atomic E-state index is 12.3. The Morgan fingerprint density at radius 2 is 1.76 bits per heavy atom. The molecule has 0 aliphatic carbocycles. The van der Waals surface area contributed by atoms with E-state index in [1.165, 1.54) is 0 Å². The van der Waals surface area contributed by atoms with Crippen molar-refractivity contribution < 1.29 is 13.8 Å². The number of aliphatic hydroxyl groups is 1. The fourth-order valence-corrected chi connectivity index (χ4v) is 4.63. The van der Waals surface area contributed by atoms with Gasteiger partial charge in [0.1, 0.15) is 5.69 Å². The minimum absolute atomic E-state index is 0.00367. The van der Waals surface area contributed by atoms with Gasteiger partial charge in [-0.05, 0) is 62.4 Å². The van der Waals surface area contributed by atoms with Crippen LogP contribution < -0.4 is 5.14 Å². The van der Waals surface area contributed by atoms with E-state index in [1.54, 1.807) is 0 Å². The summed E-state index contributed by atoms with van der Waals surface area (Å²) in [5, 5.41) is 20.5. The number of para-hydroxylation sites is 1. The van der Waals surface area contributed by atoms with E-state index in [0.717, 1.165) is 39.2 Å². The molecule has 0 aliphatic rings. The quantitative estimate of drug-likeness (QED) is 0.379. The van der Waals surface area contributed by atoms with Crippen LogP contribution >= 0.6 is 0 Å². The molecule has 2 aromatic carbocycles. The topological polar surface area (TPSA) is 102 Å². The Hall–Kier alpha value is -2.87. The predicted molar refractivity (Wildman–Crippen MR) is 132 cm³/mol. The second kappa shape index (κ2) is 9.95. The van der Waals surface area contributed by atoms with Crippen LogP contribution in [-0.4, -0.2) is 30.8 Å². The van der Waals surface area contributed by atoms with Gasteiger partial charge in [0.05, 0.1) is 15.7 Å².